The number of aliphatic imine (C=N–C) groups is 1. The van der Waals surface area contributed by atoms with Crippen LogP contribution in [0.25, 0.3) is 0 Å². The third-order valence-electron chi connectivity index (χ3n) is 1.37. The Morgan fingerprint density at radius 2 is 2.47 bits per heavy atom. The van der Waals surface area contributed by atoms with Gasteiger partial charge in [-0.2, -0.15) is 0 Å². The van der Waals surface area contributed by atoms with Crippen molar-refractivity contribution in [3.05, 3.63) is 11.1 Å². The summed E-state index contributed by atoms with van der Waals surface area (Å²) in [5, 5.41) is 0.548. The Kier molecular flexibility index (Phi) is 4.23. The fourth-order valence-electron chi connectivity index (χ4n) is 0.786. The highest BCUT2D eigenvalue weighted by atomic mass is 32.1. The van der Waals surface area contributed by atoms with Crippen LogP contribution in [0.2, 0.25) is 0 Å². The molecule has 0 saturated heterocycles. The Labute approximate surface area is 92.4 Å². The van der Waals surface area contributed by atoms with Gasteiger partial charge in [-0.25, -0.2) is 14.8 Å². The van der Waals surface area contributed by atoms with Gasteiger partial charge in [-0.1, -0.05) is 11.3 Å². The maximum atomic E-state index is 11.3. The van der Waals surface area contributed by atoms with Gasteiger partial charge in [0, 0.05) is 14.1 Å². The van der Waals surface area contributed by atoms with E-state index in [0.717, 1.165) is 0 Å². The van der Waals surface area contributed by atoms with Crippen molar-refractivity contribution in [1.29, 1.82) is 0 Å². The Morgan fingerprint density at radius 1 is 1.73 bits per heavy atom. The van der Waals surface area contributed by atoms with Crippen LogP contribution in [-0.4, -0.2) is 42.9 Å². The molecule has 0 aromatic carbocycles. The van der Waals surface area contributed by atoms with Crippen LogP contribution in [-0.2, 0) is 4.74 Å². The normalized spacial score (nSPS) is 10.6. The molecule has 6 heteroatoms. The summed E-state index contributed by atoms with van der Waals surface area (Å²) in [7, 11) is 3.73. The standard InChI is InChI=1S/C9H13N3O2S/c1-4-14-8(13)7-5-10-9(15-7)11-6-12(2)3/h5-6H,4H2,1-3H3/b11-6+. The number of hydrogen-bond acceptors (Lipinski definition) is 5. The van der Waals surface area contributed by atoms with E-state index in [4.69, 9.17) is 4.74 Å². The third-order valence-corrected chi connectivity index (χ3v) is 2.25. The van der Waals surface area contributed by atoms with Gasteiger partial charge in [0.05, 0.1) is 19.1 Å². The molecule has 0 aliphatic heterocycles. The number of ether oxygens (including phenoxy) is 1. The van der Waals surface area contributed by atoms with Crippen LogP contribution in [0.3, 0.4) is 0 Å². The van der Waals surface area contributed by atoms with Crippen LogP contribution < -0.4 is 0 Å². The van der Waals surface area contributed by atoms with Gasteiger partial charge in [0.1, 0.15) is 4.88 Å². The zero-order chi connectivity index (χ0) is 11.3. The van der Waals surface area contributed by atoms with E-state index in [9.17, 15) is 4.79 Å². The van der Waals surface area contributed by atoms with Crippen LogP contribution >= 0.6 is 11.3 Å². The molecule has 0 bridgehead atoms. The first-order chi connectivity index (χ1) is 7.13. The van der Waals surface area contributed by atoms with Crippen molar-refractivity contribution in [2.45, 2.75) is 6.92 Å². The summed E-state index contributed by atoms with van der Waals surface area (Å²) in [6, 6.07) is 0. The molecule has 1 aromatic heterocycles. The Morgan fingerprint density at radius 3 is 3.07 bits per heavy atom. The molecule has 1 aromatic rings. The minimum atomic E-state index is -0.346. The Bertz CT molecular complexity index is 360. The highest BCUT2D eigenvalue weighted by molar-refractivity contribution is 7.17. The lowest BCUT2D eigenvalue weighted by atomic mass is 10.6. The quantitative estimate of drug-likeness (QED) is 0.445. The molecular weight excluding hydrogens is 214 g/mol. The van der Waals surface area contributed by atoms with Crippen molar-refractivity contribution < 1.29 is 9.53 Å². The largest absolute Gasteiger partial charge is 0.462 e. The maximum Gasteiger partial charge on any atom is 0.350 e. The highest BCUT2D eigenvalue weighted by Gasteiger charge is 2.10. The molecule has 0 fully saturated rings. The summed E-state index contributed by atoms with van der Waals surface area (Å²) < 4.78 is 4.84. The van der Waals surface area contributed by atoms with Gasteiger partial charge in [-0.3, -0.25) is 0 Å². The predicted molar refractivity (Wildman–Crippen MR) is 59.9 cm³/mol. The van der Waals surface area contributed by atoms with Crippen molar-refractivity contribution in [1.82, 2.24) is 9.88 Å². The molecule has 0 atom stereocenters. The zero-order valence-electron chi connectivity index (χ0n) is 8.93. The van der Waals surface area contributed by atoms with E-state index >= 15 is 0 Å². The van der Waals surface area contributed by atoms with E-state index < -0.39 is 0 Å². The predicted octanol–water partition coefficient (Wildman–Crippen LogP) is 1.54. The first-order valence-corrected chi connectivity index (χ1v) is 5.28. The van der Waals surface area contributed by atoms with Crippen molar-refractivity contribution in [2.24, 2.45) is 4.99 Å². The number of thiazole rings is 1. The van der Waals surface area contributed by atoms with E-state index in [1.807, 2.05) is 14.1 Å². The van der Waals surface area contributed by atoms with Crippen LogP contribution in [0.1, 0.15) is 16.6 Å². The van der Waals surface area contributed by atoms with Gasteiger partial charge in [-0.05, 0) is 6.92 Å². The zero-order valence-corrected chi connectivity index (χ0v) is 9.74. The minimum absolute atomic E-state index is 0.346. The second-order valence-electron chi connectivity index (χ2n) is 2.94. The molecule has 82 valence electrons. The first-order valence-electron chi connectivity index (χ1n) is 4.47. The molecule has 1 rings (SSSR count). The van der Waals surface area contributed by atoms with E-state index in [0.29, 0.717) is 16.6 Å². The minimum Gasteiger partial charge on any atom is -0.462 e. The number of aromatic nitrogens is 1. The van der Waals surface area contributed by atoms with Crippen LogP contribution in [0.15, 0.2) is 11.2 Å². The van der Waals surface area contributed by atoms with Crippen molar-refractivity contribution in [3.63, 3.8) is 0 Å². The number of esters is 1. The van der Waals surface area contributed by atoms with E-state index in [2.05, 4.69) is 9.98 Å². The van der Waals surface area contributed by atoms with Gasteiger partial charge in [-0.15, -0.1) is 0 Å². The van der Waals surface area contributed by atoms with E-state index in [-0.39, 0.29) is 5.97 Å². The first kappa shape index (κ1) is 11.6. The molecule has 0 aliphatic carbocycles. The number of carbonyl (C=O) groups excluding carboxylic acids is 1. The average Bonchev–Trinajstić information content (AvgIpc) is 2.63. The number of nitrogens with zero attached hydrogens (tertiary/aromatic N) is 3. The van der Waals surface area contributed by atoms with Gasteiger partial charge < -0.3 is 9.64 Å². The van der Waals surface area contributed by atoms with Gasteiger partial charge in [0.2, 0.25) is 5.13 Å². The lowest BCUT2D eigenvalue weighted by Gasteiger charge is -1.99. The lowest BCUT2D eigenvalue weighted by molar-refractivity contribution is 0.0532. The molecular formula is C9H13N3O2S. The van der Waals surface area contributed by atoms with Crippen LogP contribution in [0, 0.1) is 0 Å². The monoisotopic (exact) mass is 227 g/mol. The molecule has 0 unspecified atom stereocenters. The summed E-state index contributed by atoms with van der Waals surface area (Å²) in [6.45, 7) is 2.14. The van der Waals surface area contributed by atoms with Crippen LogP contribution in [0.4, 0.5) is 5.13 Å². The molecule has 0 amide bonds. The molecule has 0 aliphatic rings. The summed E-state index contributed by atoms with van der Waals surface area (Å²) >= 11 is 1.21. The molecule has 5 nitrogen and oxygen atoms in total. The molecule has 0 radical (unpaired) electrons. The van der Waals surface area contributed by atoms with Crippen molar-refractivity contribution in [3.8, 4) is 0 Å². The Hall–Kier alpha value is -1.43. The third kappa shape index (κ3) is 3.67. The smallest absolute Gasteiger partial charge is 0.350 e. The molecule has 0 N–H and O–H groups in total. The number of carbonyl (C=O) groups is 1. The maximum absolute atomic E-state index is 11.3. The van der Waals surface area contributed by atoms with Gasteiger partial charge in [0.15, 0.2) is 0 Å². The van der Waals surface area contributed by atoms with Gasteiger partial charge >= 0.3 is 5.97 Å². The van der Waals surface area contributed by atoms with E-state index in [1.165, 1.54) is 17.5 Å². The lowest BCUT2D eigenvalue weighted by Crippen LogP contribution is -2.06. The summed E-state index contributed by atoms with van der Waals surface area (Å²) in [4.78, 5) is 21.6. The van der Waals surface area contributed by atoms with Crippen LogP contribution in [0.5, 0.6) is 0 Å². The average molecular weight is 227 g/mol. The Balaban J connectivity index is 2.68. The second-order valence-corrected chi connectivity index (χ2v) is 3.94. The summed E-state index contributed by atoms with van der Waals surface area (Å²) in [5.74, 6) is -0.346. The molecule has 15 heavy (non-hydrogen) atoms. The molecule has 0 saturated carbocycles. The molecule has 1 heterocycles. The molecule has 0 spiro atoms. The summed E-state index contributed by atoms with van der Waals surface area (Å²) in [5.41, 5.74) is 0. The number of hydrogen-bond donors (Lipinski definition) is 0. The number of rotatable bonds is 4. The fourth-order valence-corrected chi connectivity index (χ4v) is 1.44. The SMILES string of the molecule is CCOC(=O)c1cnc(/N=C/N(C)C)s1. The van der Waals surface area contributed by atoms with E-state index in [1.54, 1.807) is 18.2 Å². The van der Waals surface area contributed by atoms with Crippen molar-refractivity contribution in [2.75, 3.05) is 20.7 Å². The van der Waals surface area contributed by atoms with Crippen molar-refractivity contribution >= 4 is 28.8 Å². The topological polar surface area (TPSA) is 54.8 Å². The van der Waals surface area contributed by atoms with Gasteiger partial charge in [0.25, 0.3) is 0 Å². The second kappa shape index (κ2) is 5.45. The fraction of sp³-hybridized carbons (Fsp3) is 0.444. The summed E-state index contributed by atoms with van der Waals surface area (Å²) in [6.07, 6.45) is 3.11. The highest BCUT2D eigenvalue weighted by Crippen LogP contribution is 2.21.